The Balaban J connectivity index is 1.32. The highest BCUT2D eigenvalue weighted by atomic mass is 16.3. The van der Waals surface area contributed by atoms with Crippen molar-refractivity contribution in [2.45, 2.75) is 31.9 Å². The molecule has 1 amide bonds. The molecule has 140 valence electrons. The summed E-state index contributed by atoms with van der Waals surface area (Å²) in [5.74, 6) is 0.112. The van der Waals surface area contributed by atoms with E-state index in [-0.39, 0.29) is 11.8 Å². The second-order valence-electron chi connectivity index (χ2n) is 7.09. The first-order valence-electron chi connectivity index (χ1n) is 9.32. The Morgan fingerprint density at radius 2 is 2.07 bits per heavy atom. The number of likely N-dealkylation sites (tertiary alicyclic amines) is 1. The zero-order valence-electron chi connectivity index (χ0n) is 15.1. The van der Waals surface area contributed by atoms with Crippen LogP contribution in [0.2, 0.25) is 0 Å². The molecule has 1 aliphatic rings. The molecule has 1 aliphatic heterocycles. The summed E-state index contributed by atoms with van der Waals surface area (Å²) in [7, 11) is 0. The predicted molar refractivity (Wildman–Crippen MR) is 101 cm³/mol. The Labute approximate surface area is 157 Å². The number of aliphatic hydroxyl groups is 1. The summed E-state index contributed by atoms with van der Waals surface area (Å²) in [5.41, 5.74) is 1.92. The number of para-hydroxylation sites is 1. The minimum absolute atomic E-state index is 0.0259. The van der Waals surface area contributed by atoms with Gasteiger partial charge in [0.15, 0.2) is 0 Å². The maximum absolute atomic E-state index is 12.4. The normalized spacial score (nSPS) is 19.7. The number of nitrogens with zero attached hydrogens (tertiary/aromatic N) is 5. The number of hydrogen-bond donors (Lipinski definition) is 1. The highest BCUT2D eigenvalue weighted by Gasteiger charge is 2.33. The van der Waals surface area contributed by atoms with E-state index in [0.717, 1.165) is 16.6 Å². The molecule has 7 heteroatoms. The summed E-state index contributed by atoms with van der Waals surface area (Å²) in [6, 6.07) is 12.1. The number of rotatable bonds is 6. The van der Waals surface area contributed by atoms with Crippen LogP contribution in [0.3, 0.4) is 0 Å². The maximum Gasteiger partial charge on any atom is 0.222 e. The molecule has 0 aliphatic carbocycles. The van der Waals surface area contributed by atoms with Crippen molar-refractivity contribution >= 4 is 16.8 Å². The average Bonchev–Trinajstić information content (AvgIpc) is 3.32. The fourth-order valence-electron chi connectivity index (χ4n) is 3.65. The van der Waals surface area contributed by atoms with Gasteiger partial charge in [0.1, 0.15) is 12.7 Å². The van der Waals surface area contributed by atoms with E-state index < -0.39 is 6.10 Å². The van der Waals surface area contributed by atoms with Crippen LogP contribution in [-0.4, -0.2) is 54.9 Å². The van der Waals surface area contributed by atoms with Gasteiger partial charge >= 0.3 is 0 Å². The third kappa shape index (κ3) is 4.14. The molecular weight excluding hydrogens is 342 g/mol. The van der Waals surface area contributed by atoms with Crippen molar-refractivity contribution in [1.82, 2.24) is 24.6 Å². The predicted octanol–water partition coefficient (Wildman–Crippen LogP) is 1.67. The van der Waals surface area contributed by atoms with Gasteiger partial charge < -0.3 is 10.0 Å². The van der Waals surface area contributed by atoms with Crippen LogP contribution >= 0.6 is 0 Å². The van der Waals surface area contributed by atoms with Crippen molar-refractivity contribution in [1.29, 1.82) is 0 Å². The van der Waals surface area contributed by atoms with E-state index in [0.29, 0.717) is 38.9 Å². The molecule has 1 N–H and O–H groups in total. The lowest BCUT2D eigenvalue weighted by Crippen LogP contribution is -2.29. The molecule has 0 radical (unpaired) electrons. The van der Waals surface area contributed by atoms with Gasteiger partial charge in [-0.1, -0.05) is 24.3 Å². The number of carbonyl (C=O) groups excluding carboxylic acids is 1. The molecule has 3 aromatic rings. The second-order valence-corrected chi connectivity index (χ2v) is 7.09. The van der Waals surface area contributed by atoms with Gasteiger partial charge in [-0.2, -0.15) is 5.10 Å². The van der Waals surface area contributed by atoms with E-state index in [4.69, 9.17) is 4.98 Å². The van der Waals surface area contributed by atoms with Crippen molar-refractivity contribution in [3.63, 3.8) is 0 Å². The number of amides is 1. The molecule has 2 unspecified atom stereocenters. The Morgan fingerprint density at radius 1 is 1.19 bits per heavy atom. The van der Waals surface area contributed by atoms with Gasteiger partial charge in [0.25, 0.3) is 0 Å². The van der Waals surface area contributed by atoms with E-state index >= 15 is 0 Å². The van der Waals surface area contributed by atoms with Crippen molar-refractivity contribution < 1.29 is 9.90 Å². The monoisotopic (exact) mass is 365 g/mol. The molecule has 1 saturated heterocycles. The average molecular weight is 365 g/mol. The SMILES string of the molecule is O=C(CCCn1cncn1)N1CC(O)C(Cc2ccc3ccccc3n2)C1. The number of carbonyl (C=O) groups is 1. The zero-order valence-corrected chi connectivity index (χ0v) is 15.1. The topological polar surface area (TPSA) is 84.1 Å². The lowest BCUT2D eigenvalue weighted by atomic mass is 9.99. The number of pyridine rings is 1. The zero-order chi connectivity index (χ0) is 18.6. The molecule has 1 fully saturated rings. The van der Waals surface area contributed by atoms with Crippen LogP contribution in [0.4, 0.5) is 0 Å². The van der Waals surface area contributed by atoms with Crippen LogP contribution in [0, 0.1) is 5.92 Å². The van der Waals surface area contributed by atoms with Gasteiger partial charge in [0.05, 0.1) is 11.6 Å². The van der Waals surface area contributed by atoms with Gasteiger partial charge in [-0.15, -0.1) is 0 Å². The summed E-state index contributed by atoms with van der Waals surface area (Å²) in [5, 5.41) is 15.6. The van der Waals surface area contributed by atoms with Crippen LogP contribution in [0.15, 0.2) is 49.1 Å². The fraction of sp³-hybridized carbons (Fsp3) is 0.400. The van der Waals surface area contributed by atoms with E-state index in [1.165, 1.54) is 6.33 Å². The lowest BCUT2D eigenvalue weighted by molar-refractivity contribution is -0.130. The molecule has 0 saturated carbocycles. The summed E-state index contributed by atoms with van der Waals surface area (Å²) in [6.45, 7) is 1.66. The van der Waals surface area contributed by atoms with E-state index in [1.54, 1.807) is 15.9 Å². The second kappa shape index (κ2) is 7.84. The highest BCUT2D eigenvalue weighted by Crippen LogP contribution is 2.23. The molecule has 0 bridgehead atoms. The van der Waals surface area contributed by atoms with Crippen molar-refractivity contribution in [2.24, 2.45) is 5.92 Å². The van der Waals surface area contributed by atoms with Gasteiger partial charge in [0, 0.05) is 43.1 Å². The molecular formula is C20H23N5O2. The number of fused-ring (bicyclic) bond motifs is 1. The Kier molecular flexibility index (Phi) is 5.11. The van der Waals surface area contributed by atoms with Crippen LogP contribution in [0.5, 0.6) is 0 Å². The van der Waals surface area contributed by atoms with E-state index in [9.17, 15) is 9.90 Å². The number of benzene rings is 1. The highest BCUT2D eigenvalue weighted by molar-refractivity contribution is 5.78. The fourth-order valence-corrected chi connectivity index (χ4v) is 3.65. The number of aromatic nitrogens is 4. The van der Waals surface area contributed by atoms with Crippen LogP contribution in [0.25, 0.3) is 10.9 Å². The first-order valence-corrected chi connectivity index (χ1v) is 9.32. The molecule has 4 rings (SSSR count). The van der Waals surface area contributed by atoms with Gasteiger partial charge in [-0.3, -0.25) is 14.5 Å². The van der Waals surface area contributed by atoms with Crippen LogP contribution in [-0.2, 0) is 17.8 Å². The quantitative estimate of drug-likeness (QED) is 0.718. The van der Waals surface area contributed by atoms with Gasteiger partial charge in [0.2, 0.25) is 5.91 Å². The summed E-state index contributed by atoms with van der Waals surface area (Å²) in [4.78, 5) is 22.8. The molecule has 27 heavy (non-hydrogen) atoms. The number of β-amino-alcohol motifs (C(OH)–C–C–N with tert-alkyl or cyclic N) is 1. The molecule has 0 spiro atoms. The summed E-state index contributed by atoms with van der Waals surface area (Å²) in [6.07, 6.45) is 4.48. The minimum atomic E-state index is -0.502. The lowest BCUT2D eigenvalue weighted by Gasteiger charge is -2.16. The standard InChI is InChI=1S/C20H23N5O2/c26-19-12-24(20(27)6-3-9-25-14-21-13-22-25)11-16(19)10-17-8-7-15-4-1-2-5-18(15)23-17/h1-2,4-5,7-8,13-14,16,19,26H,3,6,9-12H2. The number of aliphatic hydroxyl groups excluding tert-OH is 1. The first kappa shape index (κ1) is 17.6. The minimum Gasteiger partial charge on any atom is -0.391 e. The Hall–Kier alpha value is -2.80. The largest absolute Gasteiger partial charge is 0.391 e. The van der Waals surface area contributed by atoms with Crippen LogP contribution in [0.1, 0.15) is 18.5 Å². The van der Waals surface area contributed by atoms with Gasteiger partial charge in [-0.25, -0.2) is 4.98 Å². The van der Waals surface area contributed by atoms with E-state index in [2.05, 4.69) is 16.1 Å². The van der Waals surface area contributed by atoms with Crippen molar-refractivity contribution in [3.8, 4) is 0 Å². The smallest absolute Gasteiger partial charge is 0.222 e. The Bertz CT molecular complexity index is 912. The first-order chi connectivity index (χ1) is 13.2. The molecule has 3 heterocycles. The third-order valence-electron chi connectivity index (χ3n) is 5.13. The molecule has 1 aromatic carbocycles. The third-order valence-corrected chi connectivity index (χ3v) is 5.13. The maximum atomic E-state index is 12.4. The summed E-state index contributed by atoms with van der Waals surface area (Å²) >= 11 is 0. The van der Waals surface area contributed by atoms with Crippen LogP contribution < -0.4 is 0 Å². The number of aryl methyl sites for hydroxylation is 1. The molecule has 2 atom stereocenters. The molecule has 2 aromatic heterocycles. The van der Waals surface area contributed by atoms with Crippen molar-refractivity contribution in [3.05, 3.63) is 54.7 Å². The van der Waals surface area contributed by atoms with Gasteiger partial charge in [-0.05, 0) is 25.0 Å². The summed E-state index contributed by atoms with van der Waals surface area (Å²) < 4.78 is 1.72. The van der Waals surface area contributed by atoms with Crippen molar-refractivity contribution in [2.75, 3.05) is 13.1 Å². The number of hydrogen-bond acceptors (Lipinski definition) is 5. The molecule has 7 nitrogen and oxygen atoms in total. The Morgan fingerprint density at radius 3 is 2.93 bits per heavy atom. The van der Waals surface area contributed by atoms with E-state index in [1.807, 2.05) is 30.3 Å².